The van der Waals surface area contributed by atoms with E-state index in [1.165, 1.54) is 5.56 Å². The molecule has 0 aliphatic carbocycles. The maximum Gasteiger partial charge on any atom is 0.226 e. The topological polar surface area (TPSA) is 72.2 Å². The van der Waals surface area contributed by atoms with Crippen LogP contribution >= 0.6 is 0 Å². The molecule has 0 unspecified atom stereocenters. The van der Waals surface area contributed by atoms with Gasteiger partial charge in [0.05, 0.1) is 11.4 Å². The van der Waals surface area contributed by atoms with Crippen LogP contribution in [0.25, 0.3) is 11.5 Å². The van der Waals surface area contributed by atoms with Gasteiger partial charge in [-0.25, -0.2) is 18.1 Å². The largest absolute Gasteiger partial charge is 0.441 e. The predicted molar refractivity (Wildman–Crippen MR) is 82.6 cm³/mol. The fraction of sp³-hybridized carbons (Fsp3) is 0.400. The minimum Gasteiger partial charge on any atom is -0.441 e. The lowest BCUT2D eigenvalue weighted by Crippen LogP contribution is -2.27. The Hall–Kier alpha value is -1.66. The molecule has 0 saturated heterocycles. The molecule has 1 heterocycles. The van der Waals surface area contributed by atoms with Gasteiger partial charge in [-0.3, -0.25) is 0 Å². The first-order valence-corrected chi connectivity index (χ1v) is 8.57. The van der Waals surface area contributed by atoms with Gasteiger partial charge in [0.2, 0.25) is 15.9 Å². The van der Waals surface area contributed by atoms with Gasteiger partial charge in [0, 0.05) is 18.5 Å². The van der Waals surface area contributed by atoms with E-state index >= 15 is 0 Å². The SMILES string of the molecule is CCS(=O)(=O)NCCc1nc(-c2ccc(C)cc2)oc1C. The Morgan fingerprint density at radius 2 is 1.86 bits per heavy atom. The molecule has 1 aromatic heterocycles. The minimum absolute atomic E-state index is 0.0828. The number of benzene rings is 1. The Morgan fingerprint density at radius 1 is 1.19 bits per heavy atom. The van der Waals surface area contributed by atoms with Crippen molar-refractivity contribution in [1.82, 2.24) is 9.71 Å². The number of hydrogen-bond donors (Lipinski definition) is 1. The molecule has 0 saturated carbocycles. The van der Waals surface area contributed by atoms with E-state index in [-0.39, 0.29) is 5.75 Å². The Kier molecular flexibility index (Phi) is 4.80. The molecule has 114 valence electrons. The Bertz CT molecular complexity index is 703. The molecule has 2 rings (SSSR count). The second-order valence-corrected chi connectivity index (χ2v) is 7.03. The van der Waals surface area contributed by atoms with Crippen molar-refractivity contribution in [2.24, 2.45) is 0 Å². The van der Waals surface area contributed by atoms with Crippen molar-refractivity contribution in [1.29, 1.82) is 0 Å². The van der Waals surface area contributed by atoms with Crippen LogP contribution in [0.4, 0.5) is 0 Å². The van der Waals surface area contributed by atoms with Gasteiger partial charge in [-0.15, -0.1) is 0 Å². The highest BCUT2D eigenvalue weighted by molar-refractivity contribution is 7.89. The lowest BCUT2D eigenvalue weighted by atomic mass is 10.1. The molecule has 21 heavy (non-hydrogen) atoms. The maximum absolute atomic E-state index is 11.4. The number of hydrogen-bond acceptors (Lipinski definition) is 4. The highest BCUT2D eigenvalue weighted by Gasteiger charge is 2.12. The van der Waals surface area contributed by atoms with Crippen molar-refractivity contribution >= 4 is 10.0 Å². The Balaban J connectivity index is 2.07. The average molecular weight is 308 g/mol. The van der Waals surface area contributed by atoms with E-state index in [0.717, 1.165) is 17.0 Å². The van der Waals surface area contributed by atoms with Crippen molar-refractivity contribution in [3.8, 4) is 11.5 Å². The fourth-order valence-corrected chi connectivity index (χ4v) is 2.52. The summed E-state index contributed by atoms with van der Waals surface area (Å²) in [5.74, 6) is 1.38. The van der Waals surface area contributed by atoms with Gasteiger partial charge in [-0.1, -0.05) is 17.7 Å². The van der Waals surface area contributed by atoms with Crippen molar-refractivity contribution in [2.75, 3.05) is 12.3 Å². The minimum atomic E-state index is -3.16. The molecule has 0 radical (unpaired) electrons. The first kappa shape index (κ1) is 15.7. The van der Waals surface area contributed by atoms with Gasteiger partial charge in [0.25, 0.3) is 0 Å². The smallest absolute Gasteiger partial charge is 0.226 e. The molecule has 0 spiro atoms. The third kappa shape index (κ3) is 4.15. The molecule has 0 atom stereocenters. The van der Waals surface area contributed by atoms with Crippen LogP contribution in [0.5, 0.6) is 0 Å². The second-order valence-electron chi connectivity index (χ2n) is 4.94. The van der Waals surface area contributed by atoms with Crippen LogP contribution in [0.1, 0.15) is 23.9 Å². The van der Waals surface area contributed by atoms with Crippen molar-refractivity contribution in [3.63, 3.8) is 0 Å². The zero-order chi connectivity index (χ0) is 15.5. The summed E-state index contributed by atoms with van der Waals surface area (Å²) >= 11 is 0. The average Bonchev–Trinajstić information content (AvgIpc) is 2.81. The van der Waals surface area contributed by atoms with E-state index in [1.807, 2.05) is 38.1 Å². The highest BCUT2D eigenvalue weighted by Crippen LogP contribution is 2.22. The number of oxazole rings is 1. The van der Waals surface area contributed by atoms with Gasteiger partial charge in [0.1, 0.15) is 5.76 Å². The third-order valence-corrected chi connectivity index (χ3v) is 4.66. The molecule has 0 fully saturated rings. The van der Waals surface area contributed by atoms with Crippen molar-refractivity contribution in [2.45, 2.75) is 27.2 Å². The van der Waals surface area contributed by atoms with Crippen LogP contribution in [-0.2, 0) is 16.4 Å². The van der Waals surface area contributed by atoms with Crippen LogP contribution in [0, 0.1) is 13.8 Å². The first-order valence-electron chi connectivity index (χ1n) is 6.92. The molecule has 0 bridgehead atoms. The molecule has 1 aromatic carbocycles. The van der Waals surface area contributed by atoms with Gasteiger partial charge in [0.15, 0.2) is 0 Å². The molecule has 1 N–H and O–H groups in total. The predicted octanol–water partition coefficient (Wildman–Crippen LogP) is 2.44. The second kappa shape index (κ2) is 6.41. The number of aryl methyl sites for hydroxylation is 2. The maximum atomic E-state index is 11.4. The molecular formula is C15H20N2O3S. The first-order chi connectivity index (χ1) is 9.91. The van der Waals surface area contributed by atoms with E-state index < -0.39 is 10.0 Å². The fourth-order valence-electron chi connectivity index (χ4n) is 1.91. The van der Waals surface area contributed by atoms with E-state index in [0.29, 0.717) is 18.9 Å². The van der Waals surface area contributed by atoms with Gasteiger partial charge in [-0.2, -0.15) is 0 Å². The summed E-state index contributed by atoms with van der Waals surface area (Å²) in [6, 6.07) is 7.93. The molecule has 0 aliphatic rings. The number of nitrogens with zero attached hydrogens (tertiary/aromatic N) is 1. The Labute approximate surface area is 125 Å². The van der Waals surface area contributed by atoms with Crippen LogP contribution in [0.15, 0.2) is 28.7 Å². The molecule has 2 aromatic rings. The van der Waals surface area contributed by atoms with Crippen LogP contribution in [-0.4, -0.2) is 25.7 Å². The highest BCUT2D eigenvalue weighted by atomic mass is 32.2. The standard InChI is InChI=1S/C15H20N2O3S/c1-4-21(18,19)16-10-9-14-12(3)20-15(17-14)13-7-5-11(2)6-8-13/h5-8,16H,4,9-10H2,1-3H3. The van der Waals surface area contributed by atoms with Crippen LogP contribution in [0.3, 0.4) is 0 Å². The summed E-state index contributed by atoms with van der Waals surface area (Å²) in [7, 11) is -3.16. The van der Waals surface area contributed by atoms with Crippen LogP contribution in [0.2, 0.25) is 0 Å². The number of sulfonamides is 1. The van der Waals surface area contributed by atoms with Crippen molar-refractivity contribution < 1.29 is 12.8 Å². The summed E-state index contributed by atoms with van der Waals surface area (Å²) in [6.07, 6.45) is 0.514. The monoisotopic (exact) mass is 308 g/mol. The Morgan fingerprint density at radius 3 is 2.48 bits per heavy atom. The number of rotatable bonds is 6. The molecule has 5 nitrogen and oxygen atoms in total. The summed E-state index contributed by atoms with van der Waals surface area (Å²) < 4.78 is 30.9. The number of nitrogens with one attached hydrogen (secondary N) is 1. The van der Waals surface area contributed by atoms with Gasteiger partial charge in [-0.05, 0) is 32.9 Å². The lowest BCUT2D eigenvalue weighted by molar-refractivity contribution is 0.538. The molecule has 0 amide bonds. The summed E-state index contributed by atoms with van der Waals surface area (Å²) in [5.41, 5.74) is 2.88. The van der Waals surface area contributed by atoms with E-state index in [9.17, 15) is 8.42 Å². The molecule has 6 heteroatoms. The van der Waals surface area contributed by atoms with Gasteiger partial charge < -0.3 is 4.42 Å². The quantitative estimate of drug-likeness (QED) is 0.889. The molecular weight excluding hydrogens is 288 g/mol. The zero-order valence-electron chi connectivity index (χ0n) is 12.5. The summed E-state index contributed by atoms with van der Waals surface area (Å²) in [5, 5.41) is 0. The van der Waals surface area contributed by atoms with E-state index in [2.05, 4.69) is 9.71 Å². The lowest BCUT2D eigenvalue weighted by Gasteiger charge is -2.02. The summed E-state index contributed by atoms with van der Waals surface area (Å²) in [4.78, 5) is 4.45. The summed E-state index contributed by atoms with van der Waals surface area (Å²) in [6.45, 7) is 5.81. The zero-order valence-corrected chi connectivity index (χ0v) is 13.3. The normalized spacial score (nSPS) is 11.8. The number of aromatic nitrogens is 1. The van der Waals surface area contributed by atoms with Crippen molar-refractivity contribution in [3.05, 3.63) is 41.3 Å². The van der Waals surface area contributed by atoms with E-state index in [1.54, 1.807) is 6.92 Å². The van der Waals surface area contributed by atoms with Crippen LogP contribution < -0.4 is 4.72 Å². The third-order valence-electron chi connectivity index (χ3n) is 3.25. The van der Waals surface area contributed by atoms with Gasteiger partial charge >= 0.3 is 0 Å². The molecule has 0 aliphatic heterocycles. The van der Waals surface area contributed by atoms with E-state index in [4.69, 9.17) is 4.42 Å².